The van der Waals surface area contributed by atoms with Gasteiger partial charge in [0.15, 0.2) is 0 Å². The van der Waals surface area contributed by atoms with E-state index in [0.717, 1.165) is 33.7 Å². The van der Waals surface area contributed by atoms with Crippen molar-refractivity contribution in [2.45, 2.75) is 37.1 Å². The van der Waals surface area contributed by atoms with Crippen LogP contribution in [-0.2, 0) is 12.3 Å². The monoisotopic (exact) mass is 295 g/mol. The zero-order valence-electron chi connectivity index (χ0n) is 11.2. The molecule has 2 nitrogen and oxygen atoms in total. The first-order chi connectivity index (χ1) is 9.15. The summed E-state index contributed by atoms with van der Waals surface area (Å²) in [4.78, 5) is 1.09. The molecule has 102 valence electrons. The Bertz CT molecular complexity index is 524. The average Bonchev–Trinajstić information content (AvgIpc) is 2.83. The molecule has 1 aromatic carbocycles. The molecular weight excluding hydrogens is 278 g/mol. The number of furan rings is 1. The average molecular weight is 296 g/mol. The highest BCUT2D eigenvalue weighted by Gasteiger charge is 2.05. The van der Waals surface area contributed by atoms with Gasteiger partial charge in [-0.05, 0) is 24.3 Å². The van der Waals surface area contributed by atoms with Gasteiger partial charge >= 0.3 is 0 Å². The highest BCUT2D eigenvalue weighted by molar-refractivity contribution is 7.98. The van der Waals surface area contributed by atoms with Gasteiger partial charge in [0.1, 0.15) is 11.5 Å². The molecule has 0 saturated heterocycles. The van der Waals surface area contributed by atoms with Crippen molar-refractivity contribution in [2.24, 2.45) is 0 Å². The van der Waals surface area contributed by atoms with E-state index >= 15 is 0 Å². The third-order valence-electron chi connectivity index (χ3n) is 2.61. The third kappa shape index (κ3) is 4.60. The molecule has 0 saturated carbocycles. The number of rotatable bonds is 6. The van der Waals surface area contributed by atoms with Gasteiger partial charge in [0.25, 0.3) is 0 Å². The van der Waals surface area contributed by atoms with E-state index in [-0.39, 0.29) is 0 Å². The lowest BCUT2D eigenvalue weighted by Gasteiger charge is -2.05. The smallest absolute Gasteiger partial charge is 0.118 e. The Morgan fingerprint density at radius 3 is 2.63 bits per heavy atom. The molecule has 4 heteroatoms. The zero-order chi connectivity index (χ0) is 13.7. The van der Waals surface area contributed by atoms with Gasteiger partial charge in [0.05, 0.1) is 17.3 Å². The lowest BCUT2D eigenvalue weighted by Crippen LogP contribution is -2.21. The summed E-state index contributed by atoms with van der Waals surface area (Å²) in [5.41, 5.74) is 0. The summed E-state index contributed by atoms with van der Waals surface area (Å²) in [6.45, 7) is 5.02. The number of hydrogen-bond donors (Lipinski definition) is 1. The van der Waals surface area contributed by atoms with Gasteiger partial charge in [-0.3, -0.25) is 0 Å². The lowest BCUT2D eigenvalue weighted by atomic mass is 10.3. The van der Waals surface area contributed by atoms with E-state index in [1.165, 1.54) is 0 Å². The summed E-state index contributed by atoms with van der Waals surface area (Å²) in [6, 6.07) is 12.4. The minimum atomic E-state index is 0.464. The molecule has 0 atom stereocenters. The molecule has 19 heavy (non-hydrogen) atoms. The van der Waals surface area contributed by atoms with Crippen LogP contribution in [0.15, 0.2) is 45.7 Å². The van der Waals surface area contributed by atoms with Crippen molar-refractivity contribution in [1.82, 2.24) is 5.32 Å². The SMILES string of the molecule is CC(C)NCc1ccc(CSc2ccccc2Cl)o1. The first kappa shape index (κ1) is 14.5. The predicted molar refractivity (Wildman–Crippen MR) is 81.7 cm³/mol. The fraction of sp³-hybridized carbons (Fsp3) is 0.333. The summed E-state index contributed by atoms with van der Waals surface area (Å²) in [7, 11) is 0. The third-order valence-corrected chi connectivity index (χ3v) is 4.15. The second-order valence-electron chi connectivity index (χ2n) is 4.62. The standard InChI is InChI=1S/C15H18ClNOS/c1-11(2)17-9-12-7-8-13(18-12)10-19-15-6-4-3-5-14(15)16/h3-8,11,17H,9-10H2,1-2H3. The molecule has 0 aliphatic carbocycles. The van der Waals surface area contributed by atoms with E-state index in [1.54, 1.807) is 11.8 Å². The Morgan fingerprint density at radius 2 is 1.89 bits per heavy atom. The van der Waals surface area contributed by atoms with Crippen molar-refractivity contribution in [3.63, 3.8) is 0 Å². The number of hydrogen-bond acceptors (Lipinski definition) is 3. The van der Waals surface area contributed by atoms with Crippen LogP contribution in [-0.4, -0.2) is 6.04 Å². The summed E-state index contributed by atoms with van der Waals surface area (Å²) in [6.07, 6.45) is 0. The number of halogens is 1. The van der Waals surface area contributed by atoms with Crippen LogP contribution < -0.4 is 5.32 Å². The molecule has 0 radical (unpaired) electrons. The quantitative estimate of drug-likeness (QED) is 0.780. The first-order valence-electron chi connectivity index (χ1n) is 6.33. The van der Waals surface area contributed by atoms with Gasteiger partial charge in [-0.1, -0.05) is 37.6 Å². The van der Waals surface area contributed by atoms with Crippen LogP contribution >= 0.6 is 23.4 Å². The maximum atomic E-state index is 6.12. The Labute approximate surface area is 123 Å². The molecule has 2 aromatic rings. The van der Waals surface area contributed by atoms with Crippen LogP contribution in [0.1, 0.15) is 25.4 Å². The topological polar surface area (TPSA) is 25.2 Å². The molecular formula is C15H18ClNOS. The maximum Gasteiger partial charge on any atom is 0.118 e. The fourth-order valence-electron chi connectivity index (χ4n) is 1.61. The van der Waals surface area contributed by atoms with Crippen LogP contribution in [0.25, 0.3) is 0 Å². The van der Waals surface area contributed by atoms with Crippen molar-refractivity contribution in [3.05, 3.63) is 52.9 Å². The van der Waals surface area contributed by atoms with Gasteiger partial charge in [-0.25, -0.2) is 0 Å². The molecule has 1 N–H and O–H groups in total. The molecule has 1 heterocycles. The minimum Gasteiger partial charge on any atom is -0.464 e. The molecule has 1 aromatic heterocycles. The van der Waals surface area contributed by atoms with E-state index in [4.69, 9.17) is 16.0 Å². The fourth-order valence-corrected chi connectivity index (χ4v) is 2.74. The van der Waals surface area contributed by atoms with Crippen molar-refractivity contribution in [2.75, 3.05) is 0 Å². The second-order valence-corrected chi connectivity index (χ2v) is 6.05. The van der Waals surface area contributed by atoms with Gasteiger partial charge in [-0.15, -0.1) is 11.8 Å². The van der Waals surface area contributed by atoms with Gasteiger partial charge < -0.3 is 9.73 Å². The number of nitrogens with one attached hydrogen (secondary N) is 1. The van der Waals surface area contributed by atoms with Gasteiger partial charge in [0.2, 0.25) is 0 Å². The molecule has 0 amide bonds. The summed E-state index contributed by atoms with van der Waals surface area (Å²) in [5, 5.41) is 4.13. The second kappa shape index (κ2) is 7.04. The molecule has 0 bridgehead atoms. The van der Waals surface area contributed by atoms with E-state index in [0.29, 0.717) is 6.04 Å². The molecule has 0 aliphatic rings. The minimum absolute atomic E-state index is 0.464. The van der Waals surface area contributed by atoms with E-state index in [9.17, 15) is 0 Å². The highest BCUT2D eigenvalue weighted by atomic mass is 35.5. The zero-order valence-corrected chi connectivity index (χ0v) is 12.7. The van der Waals surface area contributed by atoms with Crippen LogP contribution in [0.5, 0.6) is 0 Å². The molecule has 0 unspecified atom stereocenters. The maximum absolute atomic E-state index is 6.12. The van der Waals surface area contributed by atoms with Crippen molar-refractivity contribution < 1.29 is 4.42 Å². The van der Waals surface area contributed by atoms with E-state index < -0.39 is 0 Å². The largest absolute Gasteiger partial charge is 0.464 e. The predicted octanol–water partition coefficient (Wildman–Crippen LogP) is 4.72. The Hall–Kier alpha value is -0.900. The Balaban J connectivity index is 1.88. The summed E-state index contributed by atoms with van der Waals surface area (Å²) >= 11 is 7.81. The summed E-state index contributed by atoms with van der Waals surface area (Å²) in [5.74, 6) is 2.75. The van der Waals surface area contributed by atoms with Crippen LogP contribution in [0.3, 0.4) is 0 Å². The lowest BCUT2D eigenvalue weighted by molar-refractivity contribution is 0.445. The van der Waals surface area contributed by atoms with E-state index in [2.05, 4.69) is 19.2 Å². The molecule has 0 aliphatic heterocycles. The van der Waals surface area contributed by atoms with Crippen LogP contribution in [0, 0.1) is 0 Å². The van der Waals surface area contributed by atoms with E-state index in [1.807, 2.05) is 36.4 Å². The molecule has 0 spiro atoms. The summed E-state index contributed by atoms with van der Waals surface area (Å²) < 4.78 is 5.77. The molecule has 0 fully saturated rings. The van der Waals surface area contributed by atoms with Crippen LogP contribution in [0.4, 0.5) is 0 Å². The van der Waals surface area contributed by atoms with Crippen molar-refractivity contribution in [1.29, 1.82) is 0 Å². The Kier molecular flexibility index (Phi) is 5.37. The van der Waals surface area contributed by atoms with Crippen molar-refractivity contribution in [3.8, 4) is 0 Å². The highest BCUT2D eigenvalue weighted by Crippen LogP contribution is 2.29. The van der Waals surface area contributed by atoms with Gasteiger partial charge in [-0.2, -0.15) is 0 Å². The van der Waals surface area contributed by atoms with Crippen molar-refractivity contribution >= 4 is 23.4 Å². The number of benzene rings is 1. The number of thioether (sulfide) groups is 1. The first-order valence-corrected chi connectivity index (χ1v) is 7.70. The Morgan fingerprint density at radius 1 is 1.16 bits per heavy atom. The normalized spacial score (nSPS) is 11.2. The van der Waals surface area contributed by atoms with Crippen LogP contribution in [0.2, 0.25) is 5.02 Å². The molecule has 2 rings (SSSR count). The van der Waals surface area contributed by atoms with Gasteiger partial charge in [0, 0.05) is 10.9 Å².